The maximum Gasteiger partial charge on any atom is 0.250 e. The van der Waals surface area contributed by atoms with Gasteiger partial charge in [0.05, 0.1) is 12.0 Å². The minimum absolute atomic E-state index is 0.130. The van der Waals surface area contributed by atoms with Gasteiger partial charge in [-0.15, -0.1) is 11.8 Å². The van der Waals surface area contributed by atoms with Crippen LogP contribution < -0.4 is 5.43 Å². The number of hydrazone groups is 1. The fraction of sp³-hybridized carbons (Fsp3) is 0.0526. The summed E-state index contributed by atoms with van der Waals surface area (Å²) in [5, 5.41) is 15.9. The van der Waals surface area contributed by atoms with Gasteiger partial charge < -0.3 is 5.11 Å². The first-order valence-electron chi connectivity index (χ1n) is 7.44. The standard InChI is InChI=1S/C19H16N2O2S/c22-18-11-10-14-6-4-5-9-16(14)17(18)12-20-21-19(23)13-24-15-7-2-1-3-8-15/h1-12,22H,13H2,(H,21,23)/b20-12-. The minimum Gasteiger partial charge on any atom is -0.507 e. The average Bonchev–Trinajstić information content (AvgIpc) is 2.63. The Morgan fingerprint density at radius 2 is 1.79 bits per heavy atom. The van der Waals surface area contributed by atoms with Gasteiger partial charge >= 0.3 is 0 Å². The Morgan fingerprint density at radius 1 is 1.04 bits per heavy atom. The van der Waals surface area contributed by atoms with Crippen molar-refractivity contribution < 1.29 is 9.90 Å². The van der Waals surface area contributed by atoms with E-state index in [1.54, 1.807) is 6.07 Å². The maximum absolute atomic E-state index is 11.8. The number of hydrogen-bond acceptors (Lipinski definition) is 4. The Morgan fingerprint density at radius 3 is 2.62 bits per heavy atom. The molecule has 0 aliphatic heterocycles. The highest BCUT2D eigenvalue weighted by Gasteiger charge is 2.05. The van der Waals surface area contributed by atoms with Crippen LogP contribution in [0, 0.1) is 0 Å². The minimum atomic E-state index is -0.195. The summed E-state index contributed by atoms with van der Waals surface area (Å²) in [7, 11) is 0. The summed E-state index contributed by atoms with van der Waals surface area (Å²) < 4.78 is 0. The van der Waals surface area contributed by atoms with Crippen molar-refractivity contribution in [2.45, 2.75) is 4.90 Å². The third kappa shape index (κ3) is 3.94. The number of phenolic OH excluding ortho intramolecular Hbond substituents is 1. The lowest BCUT2D eigenvalue weighted by Crippen LogP contribution is -2.19. The quantitative estimate of drug-likeness (QED) is 0.423. The van der Waals surface area contributed by atoms with Crippen molar-refractivity contribution in [1.82, 2.24) is 5.43 Å². The molecule has 3 rings (SSSR count). The van der Waals surface area contributed by atoms with E-state index in [2.05, 4.69) is 10.5 Å². The lowest BCUT2D eigenvalue weighted by molar-refractivity contribution is -0.118. The molecule has 0 spiro atoms. The van der Waals surface area contributed by atoms with Crippen molar-refractivity contribution >= 4 is 34.7 Å². The Labute approximate surface area is 144 Å². The molecule has 3 aromatic rings. The number of hydrogen-bond donors (Lipinski definition) is 2. The second-order valence-corrected chi connectivity index (χ2v) is 6.16. The van der Waals surface area contributed by atoms with Crippen LogP contribution in [-0.4, -0.2) is 23.0 Å². The third-order valence-electron chi connectivity index (χ3n) is 3.44. The molecule has 0 saturated heterocycles. The molecule has 0 aliphatic rings. The van der Waals surface area contributed by atoms with Gasteiger partial charge in [0, 0.05) is 10.5 Å². The highest BCUT2D eigenvalue weighted by molar-refractivity contribution is 8.00. The van der Waals surface area contributed by atoms with Crippen molar-refractivity contribution in [2.75, 3.05) is 5.75 Å². The van der Waals surface area contributed by atoms with Gasteiger partial charge in [0.15, 0.2) is 0 Å². The van der Waals surface area contributed by atoms with Crippen LogP contribution in [0.3, 0.4) is 0 Å². The molecular formula is C19H16N2O2S. The summed E-state index contributed by atoms with van der Waals surface area (Å²) in [6, 6.07) is 20.9. The summed E-state index contributed by atoms with van der Waals surface area (Å²) in [5.41, 5.74) is 3.08. The van der Waals surface area contributed by atoms with Crippen LogP contribution in [0.2, 0.25) is 0 Å². The zero-order valence-electron chi connectivity index (χ0n) is 12.8. The molecule has 0 radical (unpaired) electrons. The van der Waals surface area contributed by atoms with Gasteiger partial charge in [-0.25, -0.2) is 5.43 Å². The molecule has 0 fully saturated rings. The summed E-state index contributed by atoms with van der Waals surface area (Å²) in [4.78, 5) is 12.9. The van der Waals surface area contributed by atoms with E-state index in [9.17, 15) is 9.90 Å². The van der Waals surface area contributed by atoms with Crippen molar-refractivity contribution in [3.8, 4) is 5.75 Å². The number of nitrogens with one attached hydrogen (secondary N) is 1. The molecule has 3 aromatic carbocycles. The SMILES string of the molecule is O=C(CSc1ccccc1)N/N=C\c1c(O)ccc2ccccc12. The number of rotatable bonds is 5. The van der Waals surface area contributed by atoms with E-state index in [0.717, 1.165) is 15.7 Å². The highest BCUT2D eigenvalue weighted by Crippen LogP contribution is 2.25. The predicted octanol–water partition coefficient (Wildman–Crippen LogP) is 3.79. The average molecular weight is 336 g/mol. The zero-order chi connectivity index (χ0) is 16.8. The van der Waals surface area contributed by atoms with Gasteiger partial charge in [0.25, 0.3) is 0 Å². The Hall–Kier alpha value is -2.79. The van der Waals surface area contributed by atoms with Crippen LogP contribution in [0.1, 0.15) is 5.56 Å². The van der Waals surface area contributed by atoms with E-state index < -0.39 is 0 Å². The van der Waals surface area contributed by atoms with Crippen LogP contribution in [0.25, 0.3) is 10.8 Å². The van der Waals surface area contributed by atoms with Crippen LogP contribution >= 0.6 is 11.8 Å². The van der Waals surface area contributed by atoms with E-state index in [1.807, 2.05) is 60.7 Å². The molecule has 0 atom stereocenters. The van der Waals surface area contributed by atoms with Gasteiger partial charge in [-0.3, -0.25) is 4.79 Å². The summed E-state index contributed by atoms with van der Waals surface area (Å²) in [5.74, 6) is 0.216. The number of carbonyl (C=O) groups excluding carboxylic acids is 1. The number of thioether (sulfide) groups is 1. The van der Waals surface area contributed by atoms with Gasteiger partial charge in [-0.05, 0) is 29.0 Å². The van der Waals surface area contributed by atoms with Crippen molar-refractivity contribution in [1.29, 1.82) is 0 Å². The molecule has 2 N–H and O–H groups in total. The molecule has 0 unspecified atom stereocenters. The summed E-state index contributed by atoms with van der Waals surface area (Å²) in [6.07, 6.45) is 1.47. The number of benzene rings is 3. The number of carbonyl (C=O) groups is 1. The van der Waals surface area contributed by atoms with E-state index in [1.165, 1.54) is 18.0 Å². The van der Waals surface area contributed by atoms with Crippen molar-refractivity contribution in [3.63, 3.8) is 0 Å². The molecular weight excluding hydrogens is 320 g/mol. The molecule has 0 aliphatic carbocycles. The second-order valence-electron chi connectivity index (χ2n) is 5.11. The fourth-order valence-electron chi connectivity index (χ4n) is 2.29. The number of amides is 1. The van der Waals surface area contributed by atoms with E-state index in [0.29, 0.717) is 5.56 Å². The molecule has 0 aromatic heterocycles. The first-order valence-corrected chi connectivity index (χ1v) is 8.43. The van der Waals surface area contributed by atoms with Gasteiger partial charge in [0.1, 0.15) is 5.75 Å². The summed E-state index contributed by atoms with van der Waals surface area (Å²) in [6.45, 7) is 0. The van der Waals surface area contributed by atoms with Crippen LogP contribution in [0.4, 0.5) is 0 Å². The fourth-order valence-corrected chi connectivity index (χ4v) is 3.00. The molecule has 4 nitrogen and oxygen atoms in total. The van der Waals surface area contributed by atoms with E-state index in [4.69, 9.17) is 0 Å². The Kier molecular flexibility index (Phi) is 5.13. The highest BCUT2D eigenvalue weighted by atomic mass is 32.2. The number of nitrogens with zero attached hydrogens (tertiary/aromatic N) is 1. The smallest absolute Gasteiger partial charge is 0.250 e. The largest absolute Gasteiger partial charge is 0.507 e. The summed E-state index contributed by atoms with van der Waals surface area (Å²) >= 11 is 1.45. The van der Waals surface area contributed by atoms with E-state index in [-0.39, 0.29) is 17.4 Å². The third-order valence-corrected chi connectivity index (χ3v) is 4.46. The topological polar surface area (TPSA) is 61.7 Å². The van der Waals surface area contributed by atoms with Crippen molar-refractivity contribution in [3.05, 3.63) is 72.3 Å². The maximum atomic E-state index is 11.8. The van der Waals surface area contributed by atoms with E-state index >= 15 is 0 Å². The lowest BCUT2D eigenvalue weighted by Gasteiger charge is -2.05. The Balaban J connectivity index is 1.64. The van der Waals surface area contributed by atoms with Gasteiger partial charge in [0.2, 0.25) is 5.91 Å². The number of phenols is 1. The molecule has 1 amide bonds. The van der Waals surface area contributed by atoms with Crippen LogP contribution in [0.5, 0.6) is 5.75 Å². The monoisotopic (exact) mass is 336 g/mol. The van der Waals surface area contributed by atoms with Gasteiger partial charge in [-0.2, -0.15) is 5.10 Å². The molecule has 0 saturated carbocycles. The molecule has 24 heavy (non-hydrogen) atoms. The van der Waals surface area contributed by atoms with Crippen molar-refractivity contribution in [2.24, 2.45) is 5.10 Å². The van der Waals surface area contributed by atoms with Gasteiger partial charge in [-0.1, -0.05) is 48.5 Å². The number of aromatic hydroxyl groups is 1. The molecule has 0 bridgehead atoms. The zero-order valence-corrected chi connectivity index (χ0v) is 13.7. The second kappa shape index (κ2) is 7.66. The molecule has 120 valence electrons. The number of fused-ring (bicyclic) bond motifs is 1. The first-order chi connectivity index (χ1) is 11.7. The normalized spacial score (nSPS) is 11.0. The van der Waals surface area contributed by atoms with Crippen LogP contribution in [0.15, 0.2) is 76.7 Å². The molecule has 0 heterocycles. The first kappa shape index (κ1) is 16.1. The Bertz CT molecular complexity index is 879. The lowest BCUT2D eigenvalue weighted by atomic mass is 10.0. The predicted molar refractivity (Wildman–Crippen MR) is 98.5 cm³/mol. The molecule has 5 heteroatoms. The van der Waals surface area contributed by atoms with Crippen LogP contribution in [-0.2, 0) is 4.79 Å².